The maximum atomic E-state index is 15.2. The Bertz CT molecular complexity index is 1080. The molecule has 2 heterocycles. The largest absolute Gasteiger partial charge is 0.477 e. The highest BCUT2D eigenvalue weighted by atomic mass is 19.1. The van der Waals surface area contributed by atoms with E-state index in [9.17, 15) is 19.1 Å². The number of aromatic carboxylic acids is 1. The number of hydrogen-bond donors (Lipinski definition) is 2. The van der Waals surface area contributed by atoms with Gasteiger partial charge in [0, 0.05) is 38.2 Å². The van der Waals surface area contributed by atoms with Gasteiger partial charge in [-0.3, -0.25) is 4.79 Å². The van der Waals surface area contributed by atoms with Crippen molar-refractivity contribution in [3.63, 3.8) is 0 Å². The van der Waals surface area contributed by atoms with Gasteiger partial charge >= 0.3 is 5.97 Å². The summed E-state index contributed by atoms with van der Waals surface area (Å²) in [6.45, 7) is 4.17. The third-order valence-electron chi connectivity index (χ3n) is 6.00. The lowest BCUT2D eigenvalue weighted by molar-refractivity contribution is 0.0694. The minimum Gasteiger partial charge on any atom is -0.477 e. The molecule has 0 spiro atoms. The molecule has 2 aliphatic rings. The number of pyridine rings is 1. The number of aromatic nitrogens is 1. The molecule has 9 heteroatoms. The Morgan fingerprint density at radius 3 is 2.62 bits per heavy atom. The number of methoxy groups -OCH3 is 1. The Morgan fingerprint density at radius 1 is 1.45 bits per heavy atom. The van der Waals surface area contributed by atoms with E-state index in [-0.39, 0.29) is 23.6 Å². The van der Waals surface area contributed by atoms with E-state index in [1.54, 1.807) is 18.9 Å². The first kappa shape index (κ1) is 19.8. The van der Waals surface area contributed by atoms with Crippen molar-refractivity contribution in [3.8, 4) is 0 Å². The van der Waals surface area contributed by atoms with Crippen molar-refractivity contribution in [2.45, 2.75) is 44.1 Å². The number of carboxylic acid groups (broad SMARTS) is 1. The van der Waals surface area contributed by atoms with Crippen molar-refractivity contribution in [1.82, 2.24) is 4.57 Å². The normalized spacial score (nSPS) is 28.9. The number of benzene rings is 1. The van der Waals surface area contributed by atoms with E-state index in [1.807, 2.05) is 6.92 Å². The topological polar surface area (TPSA) is 97.8 Å². The quantitative estimate of drug-likeness (QED) is 0.805. The van der Waals surface area contributed by atoms with Crippen LogP contribution in [0.5, 0.6) is 0 Å². The van der Waals surface area contributed by atoms with Gasteiger partial charge in [-0.05, 0) is 25.5 Å². The fourth-order valence-electron chi connectivity index (χ4n) is 4.41. The van der Waals surface area contributed by atoms with Crippen LogP contribution in [-0.4, -0.2) is 53.7 Å². The molecule has 0 bridgehead atoms. The molecule has 4 atom stereocenters. The lowest BCUT2D eigenvalue weighted by Crippen LogP contribution is -2.48. The zero-order chi connectivity index (χ0) is 21.2. The number of nitrogens with two attached hydrogens (primary N) is 1. The first-order chi connectivity index (χ1) is 13.6. The summed E-state index contributed by atoms with van der Waals surface area (Å²) in [6.07, 6.45) is -0.0556. The summed E-state index contributed by atoms with van der Waals surface area (Å²) in [7, 11) is 1.54. The monoisotopic (exact) mass is 407 g/mol. The first-order valence-electron chi connectivity index (χ1n) is 9.38. The Morgan fingerprint density at radius 2 is 2.10 bits per heavy atom. The second kappa shape index (κ2) is 6.50. The zero-order valence-electron chi connectivity index (χ0n) is 16.4. The van der Waals surface area contributed by atoms with E-state index in [2.05, 4.69) is 0 Å². The fraction of sp³-hybridized carbons (Fsp3) is 0.500. The molecule has 1 aliphatic heterocycles. The number of nitrogens with zero attached hydrogens (tertiary/aromatic N) is 2. The van der Waals surface area contributed by atoms with Gasteiger partial charge < -0.3 is 25.0 Å². The van der Waals surface area contributed by atoms with Crippen LogP contribution in [0.2, 0.25) is 0 Å². The summed E-state index contributed by atoms with van der Waals surface area (Å²) >= 11 is 0. The molecule has 1 aromatic heterocycles. The van der Waals surface area contributed by atoms with Gasteiger partial charge in [0.1, 0.15) is 17.6 Å². The molecular weight excluding hydrogens is 384 g/mol. The standard InChI is InChI=1S/C20H23F2N3O4/c1-9-16-10(18(26)11(19(27)28)6-25(16)14-5-12(14)21)4-13(22)17(9)24-7-15(29-3)20(2,23)8-24/h4,6,12,14-15H,5,7-8,23H2,1-3H3,(H,27,28). The third-order valence-corrected chi connectivity index (χ3v) is 6.00. The third kappa shape index (κ3) is 3.00. The Hall–Kier alpha value is -2.52. The van der Waals surface area contributed by atoms with E-state index in [4.69, 9.17) is 10.5 Å². The van der Waals surface area contributed by atoms with Gasteiger partial charge in [0.2, 0.25) is 5.43 Å². The van der Waals surface area contributed by atoms with Crippen molar-refractivity contribution < 1.29 is 23.4 Å². The SMILES string of the molecule is COC1CN(c2c(F)cc3c(=O)c(C(=O)O)cn(C4CC4F)c3c2C)CC1(C)N. The molecule has 1 aliphatic carbocycles. The molecule has 7 nitrogen and oxygen atoms in total. The van der Waals surface area contributed by atoms with Gasteiger partial charge in [-0.2, -0.15) is 0 Å². The lowest BCUT2D eigenvalue weighted by Gasteiger charge is -2.25. The number of halogens is 2. The van der Waals surface area contributed by atoms with Crippen LogP contribution in [0.25, 0.3) is 10.9 Å². The van der Waals surface area contributed by atoms with Crippen LogP contribution in [0.15, 0.2) is 17.1 Å². The van der Waals surface area contributed by atoms with Crippen LogP contribution in [0.3, 0.4) is 0 Å². The number of rotatable bonds is 4. The highest BCUT2D eigenvalue weighted by Gasteiger charge is 2.43. The number of alkyl halides is 1. The van der Waals surface area contributed by atoms with Crippen LogP contribution in [0.1, 0.15) is 35.3 Å². The minimum atomic E-state index is -1.43. The molecule has 0 amide bonds. The molecule has 1 saturated heterocycles. The van der Waals surface area contributed by atoms with Crippen molar-refractivity contribution in [1.29, 1.82) is 0 Å². The average molecular weight is 407 g/mol. The molecule has 156 valence electrons. The van der Waals surface area contributed by atoms with E-state index < -0.39 is 40.5 Å². The number of anilines is 1. The summed E-state index contributed by atoms with van der Waals surface area (Å²) in [4.78, 5) is 25.9. The Balaban J connectivity index is 1.97. The van der Waals surface area contributed by atoms with Gasteiger partial charge in [0.05, 0.1) is 28.9 Å². The summed E-state index contributed by atoms with van der Waals surface area (Å²) in [5.74, 6) is -2.08. The zero-order valence-corrected chi connectivity index (χ0v) is 16.4. The second-order valence-corrected chi connectivity index (χ2v) is 8.24. The predicted molar refractivity (Wildman–Crippen MR) is 104 cm³/mol. The van der Waals surface area contributed by atoms with Crippen molar-refractivity contribution in [2.75, 3.05) is 25.1 Å². The molecule has 1 aromatic carbocycles. The maximum absolute atomic E-state index is 15.2. The molecule has 29 heavy (non-hydrogen) atoms. The number of aryl methyl sites for hydroxylation is 1. The summed E-state index contributed by atoms with van der Waals surface area (Å²) in [5.41, 5.74) is 5.37. The number of fused-ring (bicyclic) bond motifs is 1. The molecule has 2 fully saturated rings. The van der Waals surface area contributed by atoms with Crippen LogP contribution in [0.4, 0.5) is 14.5 Å². The number of carbonyl (C=O) groups is 1. The Kier molecular flexibility index (Phi) is 4.43. The molecule has 4 rings (SSSR count). The Labute approximate surface area is 165 Å². The van der Waals surface area contributed by atoms with E-state index in [1.165, 1.54) is 10.8 Å². The van der Waals surface area contributed by atoms with Gasteiger partial charge in [-0.15, -0.1) is 0 Å². The summed E-state index contributed by atoms with van der Waals surface area (Å²) in [6, 6.07) is 0.477. The van der Waals surface area contributed by atoms with Crippen molar-refractivity contribution in [2.24, 2.45) is 5.73 Å². The molecule has 3 N–H and O–H groups in total. The van der Waals surface area contributed by atoms with Crippen LogP contribution in [0, 0.1) is 12.7 Å². The van der Waals surface area contributed by atoms with Crippen LogP contribution in [-0.2, 0) is 4.74 Å². The lowest BCUT2D eigenvalue weighted by atomic mass is 10.0. The molecule has 2 aromatic rings. The second-order valence-electron chi connectivity index (χ2n) is 8.24. The van der Waals surface area contributed by atoms with Crippen LogP contribution < -0.4 is 16.1 Å². The van der Waals surface area contributed by atoms with E-state index >= 15 is 4.39 Å². The summed E-state index contributed by atoms with van der Waals surface area (Å²) in [5, 5.41) is 9.29. The van der Waals surface area contributed by atoms with E-state index in [0.717, 1.165) is 6.07 Å². The maximum Gasteiger partial charge on any atom is 0.341 e. The number of ether oxygens (including phenoxy) is 1. The summed E-state index contributed by atoms with van der Waals surface area (Å²) < 4.78 is 35.9. The van der Waals surface area contributed by atoms with Crippen LogP contribution >= 0.6 is 0 Å². The average Bonchev–Trinajstić information content (AvgIpc) is 3.27. The number of carboxylic acids is 1. The fourth-order valence-corrected chi connectivity index (χ4v) is 4.41. The van der Waals surface area contributed by atoms with Gasteiger partial charge in [0.25, 0.3) is 0 Å². The highest BCUT2D eigenvalue weighted by Crippen LogP contribution is 2.43. The first-order valence-corrected chi connectivity index (χ1v) is 9.38. The van der Waals surface area contributed by atoms with Crippen molar-refractivity contribution >= 4 is 22.6 Å². The smallest absolute Gasteiger partial charge is 0.341 e. The highest BCUT2D eigenvalue weighted by molar-refractivity contribution is 5.95. The molecule has 4 unspecified atom stereocenters. The predicted octanol–water partition coefficient (Wildman–Crippen LogP) is 1.98. The molecular formula is C20H23F2N3O4. The van der Waals surface area contributed by atoms with Gasteiger partial charge in [0.15, 0.2) is 0 Å². The molecule has 1 saturated carbocycles. The minimum absolute atomic E-state index is 0.0688. The van der Waals surface area contributed by atoms with Gasteiger partial charge in [-0.25, -0.2) is 13.6 Å². The van der Waals surface area contributed by atoms with E-state index in [0.29, 0.717) is 24.2 Å². The number of hydrogen-bond acceptors (Lipinski definition) is 5. The van der Waals surface area contributed by atoms with Gasteiger partial charge in [-0.1, -0.05) is 0 Å². The molecule has 0 radical (unpaired) electrons. The van der Waals surface area contributed by atoms with Crippen molar-refractivity contribution in [3.05, 3.63) is 39.4 Å².